The molecule has 6 heteroatoms. The molecule has 0 spiro atoms. The van der Waals surface area contributed by atoms with Crippen molar-refractivity contribution in [2.24, 2.45) is 0 Å². The first-order valence-corrected chi connectivity index (χ1v) is 7.87. The fraction of sp³-hybridized carbons (Fsp3) is 0.222. The molecule has 1 heterocycles. The quantitative estimate of drug-likeness (QED) is 0.730. The lowest BCUT2D eigenvalue weighted by molar-refractivity contribution is -0.118. The Labute approximate surface area is 144 Å². The summed E-state index contributed by atoms with van der Waals surface area (Å²) in [5.74, 6) is -0.779. The van der Waals surface area contributed by atoms with Crippen LogP contribution >= 0.6 is 11.6 Å². The third kappa shape index (κ3) is 2.95. The molecule has 0 radical (unpaired) electrons. The Kier molecular flexibility index (Phi) is 4.20. The molecule has 0 N–H and O–H groups in total. The van der Waals surface area contributed by atoms with E-state index in [9.17, 15) is 9.59 Å². The van der Waals surface area contributed by atoms with E-state index in [1.807, 2.05) is 32.0 Å². The Hall–Kier alpha value is -2.53. The molecule has 1 amide bonds. The molecule has 3 rings (SSSR count). The lowest BCUT2D eigenvalue weighted by Crippen LogP contribution is -2.33. The van der Waals surface area contributed by atoms with E-state index in [0.29, 0.717) is 16.1 Å². The molecule has 0 aliphatic rings. The molecular weight excluding hydrogens is 328 g/mol. The normalized spacial score (nSPS) is 11.0. The Bertz CT molecular complexity index is 988. The van der Waals surface area contributed by atoms with Gasteiger partial charge < -0.3 is 9.32 Å². The first kappa shape index (κ1) is 16.3. The lowest BCUT2D eigenvalue weighted by atomic mass is 10.1. The first-order valence-electron chi connectivity index (χ1n) is 7.49. The van der Waals surface area contributed by atoms with E-state index < -0.39 is 5.76 Å². The van der Waals surface area contributed by atoms with Crippen LogP contribution in [-0.2, 0) is 11.3 Å². The first-order chi connectivity index (χ1) is 11.4. The maximum absolute atomic E-state index is 12.6. The molecule has 2 aromatic carbocycles. The molecular formula is C18H17ClN2O3. The third-order valence-corrected chi connectivity index (χ3v) is 4.26. The number of anilines is 1. The van der Waals surface area contributed by atoms with E-state index in [1.165, 1.54) is 4.57 Å². The number of nitrogens with zero attached hydrogens (tertiary/aromatic N) is 2. The summed E-state index contributed by atoms with van der Waals surface area (Å²) in [6.07, 6.45) is 0. The van der Waals surface area contributed by atoms with Gasteiger partial charge >= 0.3 is 5.76 Å². The van der Waals surface area contributed by atoms with Crippen molar-refractivity contribution in [2.45, 2.75) is 20.4 Å². The summed E-state index contributed by atoms with van der Waals surface area (Å²) in [5.41, 5.74) is 3.80. The summed E-state index contributed by atoms with van der Waals surface area (Å²) in [4.78, 5) is 26.2. The van der Waals surface area contributed by atoms with E-state index in [4.69, 9.17) is 16.0 Å². The topological polar surface area (TPSA) is 55.5 Å². The molecule has 24 heavy (non-hydrogen) atoms. The van der Waals surface area contributed by atoms with Gasteiger partial charge in [-0.3, -0.25) is 9.36 Å². The van der Waals surface area contributed by atoms with Gasteiger partial charge in [0.05, 0.1) is 5.52 Å². The highest BCUT2D eigenvalue weighted by atomic mass is 35.5. The van der Waals surface area contributed by atoms with E-state index in [-0.39, 0.29) is 12.5 Å². The highest BCUT2D eigenvalue weighted by molar-refractivity contribution is 6.31. The number of hydrogen-bond acceptors (Lipinski definition) is 3. The van der Waals surface area contributed by atoms with Gasteiger partial charge in [-0.1, -0.05) is 23.7 Å². The number of carbonyl (C=O) groups excluding carboxylic acids is 1. The summed E-state index contributed by atoms with van der Waals surface area (Å²) >= 11 is 5.90. The van der Waals surface area contributed by atoms with Gasteiger partial charge in [0.2, 0.25) is 5.91 Å². The standard InChI is InChI=1S/C18H17ClN2O3/c1-11-4-5-12(2)15(8-11)20(3)17(22)10-21-14-7-6-13(19)9-16(14)24-18(21)23/h4-9H,10H2,1-3H3. The zero-order valence-corrected chi connectivity index (χ0v) is 14.4. The zero-order chi connectivity index (χ0) is 17.4. The van der Waals surface area contributed by atoms with Crippen LogP contribution in [0.1, 0.15) is 11.1 Å². The number of fused-ring (bicyclic) bond motifs is 1. The molecule has 1 aromatic heterocycles. The predicted octanol–water partition coefficient (Wildman–Crippen LogP) is 3.53. The van der Waals surface area contributed by atoms with E-state index in [0.717, 1.165) is 16.8 Å². The van der Waals surface area contributed by atoms with E-state index >= 15 is 0 Å². The van der Waals surface area contributed by atoms with Crippen LogP contribution in [0.4, 0.5) is 5.69 Å². The molecule has 0 saturated carbocycles. The lowest BCUT2D eigenvalue weighted by Gasteiger charge is -2.20. The van der Waals surface area contributed by atoms with Crippen LogP contribution in [0.25, 0.3) is 11.1 Å². The number of likely N-dealkylation sites (N-methyl/N-ethyl adjacent to an activating group) is 1. The van der Waals surface area contributed by atoms with Crippen LogP contribution in [0.5, 0.6) is 0 Å². The molecule has 5 nitrogen and oxygen atoms in total. The fourth-order valence-electron chi connectivity index (χ4n) is 2.65. The highest BCUT2D eigenvalue weighted by Gasteiger charge is 2.18. The van der Waals surface area contributed by atoms with Gasteiger partial charge in [-0.05, 0) is 43.2 Å². The van der Waals surface area contributed by atoms with Gasteiger partial charge in [0.25, 0.3) is 0 Å². The molecule has 0 fully saturated rings. The average molecular weight is 345 g/mol. The summed E-state index contributed by atoms with van der Waals surface area (Å²) in [6, 6.07) is 10.8. The zero-order valence-electron chi connectivity index (χ0n) is 13.7. The third-order valence-electron chi connectivity index (χ3n) is 4.02. The highest BCUT2D eigenvalue weighted by Crippen LogP contribution is 2.22. The van der Waals surface area contributed by atoms with Crippen molar-refractivity contribution in [1.29, 1.82) is 0 Å². The molecule has 0 atom stereocenters. The number of benzene rings is 2. The second-order valence-corrected chi connectivity index (χ2v) is 6.25. The van der Waals surface area contributed by atoms with Gasteiger partial charge in [-0.25, -0.2) is 4.79 Å². The number of rotatable bonds is 3. The number of aryl methyl sites for hydroxylation is 2. The van der Waals surface area contributed by atoms with Crippen LogP contribution in [0, 0.1) is 13.8 Å². The average Bonchev–Trinajstić information content (AvgIpc) is 2.83. The predicted molar refractivity (Wildman–Crippen MR) is 94.8 cm³/mol. The van der Waals surface area contributed by atoms with Crippen LogP contribution in [0.15, 0.2) is 45.6 Å². The molecule has 0 unspecified atom stereocenters. The largest absolute Gasteiger partial charge is 0.420 e. The smallest absolute Gasteiger partial charge is 0.408 e. The second-order valence-electron chi connectivity index (χ2n) is 5.81. The Morgan fingerprint density at radius 3 is 2.71 bits per heavy atom. The monoisotopic (exact) mass is 344 g/mol. The van der Waals surface area contributed by atoms with Crippen molar-refractivity contribution in [3.8, 4) is 0 Å². The maximum atomic E-state index is 12.6. The number of carbonyl (C=O) groups is 1. The van der Waals surface area contributed by atoms with Gasteiger partial charge in [0.1, 0.15) is 6.54 Å². The van der Waals surface area contributed by atoms with Crippen LogP contribution in [0.3, 0.4) is 0 Å². The van der Waals surface area contributed by atoms with Crippen molar-refractivity contribution in [3.63, 3.8) is 0 Å². The van der Waals surface area contributed by atoms with Crippen molar-refractivity contribution < 1.29 is 9.21 Å². The van der Waals surface area contributed by atoms with E-state index in [2.05, 4.69) is 0 Å². The number of amides is 1. The number of hydrogen-bond donors (Lipinski definition) is 0. The molecule has 0 saturated heterocycles. The summed E-state index contributed by atoms with van der Waals surface area (Å²) < 4.78 is 6.48. The van der Waals surface area contributed by atoms with Gasteiger partial charge in [-0.15, -0.1) is 0 Å². The van der Waals surface area contributed by atoms with Crippen LogP contribution in [0.2, 0.25) is 5.02 Å². The van der Waals surface area contributed by atoms with Gasteiger partial charge in [0, 0.05) is 23.8 Å². The molecule has 3 aromatic rings. The Balaban J connectivity index is 1.94. The van der Waals surface area contributed by atoms with Gasteiger partial charge in [0.15, 0.2) is 5.58 Å². The SMILES string of the molecule is Cc1ccc(C)c(N(C)C(=O)Cn2c(=O)oc3cc(Cl)ccc32)c1. The molecule has 0 aliphatic carbocycles. The minimum Gasteiger partial charge on any atom is -0.408 e. The second kappa shape index (κ2) is 6.17. The minimum atomic E-state index is -0.574. The molecule has 124 valence electrons. The van der Waals surface area contributed by atoms with Gasteiger partial charge in [-0.2, -0.15) is 0 Å². The van der Waals surface area contributed by atoms with Crippen molar-refractivity contribution in [3.05, 3.63) is 63.1 Å². The number of halogens is 1. The molecule has 0 aliphatic heterocycles. The number of aromatic nitrogens is 1. The van der Waals surface area contributed by atoms with Crippen LogP contribution < -0.4 is 10.7 Å². The minimum absolute atomic E-state index is 0.0999. The van der Waals surface area contributed by atoms with Crippen molar-refractivity contribution >= 4 is 34.3 Å². The van der Waals surface area contributed by atoms with E-state index in [1.54, 1.807) is 30.1 Å². The van der Waals surface area contributed by atoms with Crippen molar-refractivity contribution in [2.75, 3.05) is 11.9 Å². The Morgan fingerprint density at radius 2 is 1.96 bits per heavy atom. The summed E-state index contributed by atoms with van der Waals surface area (Å²) in [7, 11) is 1.70. The summed E-state index contributed by atoms with van der Waals surface area (Å²) in [5, 5.41) is 0.474. The number of oxazole rings is 1. The van der Waals surface area contributed by atoms with Crippen molar-refractivity contribution in [1.82, 2.24) is 4.57 Å². The maximum Gasteiger partial charge on any atom is 0.420 e. The molecule has 0 bridgehead atoms. The fourth-order valence-corrected chi connectivity index (χ4v) is 2.81. The summed E-state index contributed by atoms with van der Waals surface area (Å²) in [6.45, 7) is 3.82. The van der Waals surface area contributed by atoms with Crippen LogP contribution in [-0.4, -0.2) is 17.5 Å². The Morgan fingerprint density at radius 1 is 1.21 bits per heavy atom.